The van der Waals surface area contributed by atoms with Gasteiger partial charge in [0, 0.05) is 11.1 Å². The number of rotatable bonds is 0. The molecule has 0 amide bonds. The normalized spacial score (nSPS) is 10.9. The van der Waals surface area contributed by atoms with Gasteiger partial charge in [-0.25, -0.2) is 0 Å². The summed E-state index contributed by atoms with van der Waals surface area (Å²) in [5, 5.41) is 2.42. The van der Waals surface area contributed by atoms with Crippen LogP contribution in [0.4, 0.5) is 0 Å². The van der Waals surface area contributed by atoms with E-state index in [0.29, 0.717) is 20.6 Å². The molecule has 1 heterocycles. The molecule has 0 fully saturated rings. The predicted molar refractivity (Wildman–Crippen MR) is 61.5 cm³/mol. The van der Waals surface area contributed by atoms with Crippen LogP contribution in [0.1, 0.15) is 5.69 Å². The van der Waals surface area contributed by atoms with Gasteiger partial charge in [-0.1, -0.05) is 34.8 Å². The first-order valence-corrected chi connectivity index (χ1v) is 5.14. The number of pyridine rings is 1. The lowest BCUT2D eigenvalue weighted by Gasteiger charge is -2.04. The van der Waals surface area contributed by atoms with E-state index in [1.165, 1.54) is 0 Å². The van der Waals surface area contributed by atoms with Crippen molar-refractivity contribution < 1.29 is 0 Å². The fourth-order valence-electron chi connectivity index (χ4n) is 1.31. The summed E-state index contributed by atoms with van der Waals surface area (Å²) in [6, 6.07) is 5.33. The molecule has 1 aromatic carbocycles. The average molecular weight is 247 g/mol. The Kier molecular flexibility index (Phi) is 2.56. The van der Waals surface area contributed by atoms with E-state index in [9.17, 15) is 0 Å². The standard InChI is InChI=1S/C10H6Cl3N/c1-5-4-8(12)6-2-3-7(11)9(13)10(6)14-5/h2-4H,1H3. The number of fused-ring (bicyclic) bond motifs is 1. The Balaban J connectivity index is 2.95. The van der Waals surface area contributed by atoms with Crippen molar-refractivity contribution in [2.75, 3.05) is 0 Å². The number of aryl methyl sites for hydroxylation is 1. The summed E-state index contributed by atoms with van der Waals surface area (Å²) in [4.78, 5) is 4.30. The summed E-state index contributed by atoms with van der Waals surface area (Å²) in [7, 11) is 0. The van der Waals surface area contributed by atoms with Gasteiger partial charge in [-0.2, -0.15) is 0 Å². The lowest BCUT2D eigenvalue weighted by atomic mass is 10.2. The van der Waals surface area contributed by atoms with Gasteiger partial charge in [-0.05, 0) is 25.1 Å². The molecule has 0 aliphatic heterocycles. The lowest BCUT2D eigenvalue weighted by molar-refractivity contribution is 1.26. The molecule has 0 spiro atoms. The van der Waals surface area contributed by atoms with Crippen molar-refractivity contribution in [3.05, 3.63) is 39.0 Å². The van der Waals surface area contributed by atoms with E-state index >= 15 is 0 Å². The van der Waals surface area contributed by atoms with Crippen LogP contribution in [0.15, 0.2) is 18.2 Å². The first kappa shape index (κ1) is 10.0. The molecule has 0 saturated carbocycles. The molecule has 0 bridgehead atoms. The quantitative estimate of drug-likeness (QED) is 0.667. The van der Waals surface area contributed by atoms with Crippen molar-refractivity contribution in [2.45, 2.75) is 6.92 Å². The molecule has 1 aromatic heterocycles. The number of nitrogens with zero attached hydrogens (tertiary/aromatic N) is 1. The molecule has 1 nitrogen and oxygen atoms in total. The highest BCUT2D eigenvalue weighted by Gasteiger charge is 2.08. The van der Waals surface area contributed by atoms with E-state index in [-0.39, 0.29) is 0 Å². The zero-order chi connectivity index (χ0) is 10.3. The molecule has 0 saturated heterocycles. The van der Waals surface area contributed by atoms with Gasteiger partial charge in [0.25, 0.3) is 0 Å². The summed E-state index contributed by atoms with van der Waals surface area (Å²) < 4.78 is 0. The predicted octanol–water partition coefficient (Wildman–Crippen LogP) is 4.50. The number of aromatic nitrogens is 1. The fourth-order valence-corrected chi connectivity index (χ4v) is 1.98. The first-order chi connectivity index (χ1) is 6.59. The van der Waals surface area contributed by atoms with E-state index < -0.39 is 0 Å². The molecule has 0 radical (unpaired) electrons. The second-order valence-electron chi connectivity index (χ2n) is 3.00. The average Bonchev–Trinajstić information content (AvgIpc) is 2.12. The third kappa shape index (κ3) is 1.56. The van der Waals surface area contributed by atoms with Crippen LogP contribution in [0.3, 0.4) is 0 Å². The summed E-state index contributed by atoms with van der Waals surface area (Å²) in [5.41, 5.74) is 1.48. The molecule has 0 N–H and O–H groups in total. The molecule has 0 unspecified atom stereocenters. The largest absolute Gasteiger partial charge is 0.251 e. The number of hydrogen-bond acceptors (Lipinski definition) is 1. The Hall–Kier alpha value is -0.500. The molecule has 14 heavy (non-hydrogen) atoms. The lowest BCUT2D eigenvalue weighted by Crippen LogP contribution is -1.86. The summed E-state index contributed by atoms with van der Waals surface area (Å²) in [6.45, 7) is 1.86. The molecule has 0 aliphatic carbocycles. The van der Waals surface area contributed by atoms with E-state index in [0.717, 1.165) is 11.1 Å². The van der Waals surface area contributed by atoms with E-state index in [1.54, 1.807) is 12.1 Å². The zero-order valence-corrected chi connectivity index (χ0v) is 9.58. The number of benzene rings is 1. The van der Waals surface area contributed by atoms with Crippen molar-refractivity contribution in [1.82, 2.24) is 4.98 Å². The van der Waals surface area contributed by atoms with Crippen LogP contribution in [-0.2, 0) is 0 Å². The highest BCUT2D eigenvalue weighted by atomic mass is 35.5. The third-order valence-electron chi connectivity index (χ3n) is 1.95. The Morgan fingerprint density at radius 2 is 1.79 bits per heavy atom. The molecule has 2 rings (SSSR count). The zero-order valence-electron chi connectivity index (χ0n) is 7.31. The van der Waals surface area contributed by atoms with Gasteiger partial charge in [0.2, 0.25) is 0 Å². The Morgan fingerprint density at radius 3 is 2.50 bits per heavy atom. The fraction of sp³-hybridized carbons (Fsp3) is 0.100. The van der Waals surface area contributed by atoms with Gasteiger partial charge in [-0.15, -0.1) is 0 Å². The van der Waals surface area contributed by atoms with Gasteiger partial charge in [0.15, 0.2) is 0 Å². The van der Waals surface area contributed by atoms with Crippen molar-refractivity contribution in [3.8, 4) is 0 Å². The molecule has 4 heteroatoms. The van der Waals surface area contributed by atoms with Crippen molar-refractivity contribution in [1.29, 1.82) is 0 Å². The van der Waals surface area contributed by atoms with Crippen molar-refractivity contribution >= 4 is 45.7 Å². The molecule has 2 aromatic rings. The van der Waals surface area contributed by atoms with Gasteiger partial charge in [0.05, 0.1) is 20.6 Å². The summed E-state index contributed by atoms with van der Waals surface area (Å²) >= 11 is 17.9. The van der Waals surface area contributed by atoms with Crippen molar-refractivity contribution in [2.24, 2.45) is 0 Å². The summed E-state index contributed by atoms with van der Waals surface area (Å²) in [6.07, 6.45) is 0. The van der Waals surface area contributed by atoms with Crippen molar-refractivity contribution in [3.63, 3.8) is 0 Å². The maximum absolute atomic E-state index is 6.04. The second kappa shape index (κ2) is 3.58. The van der Waals surface area contributed by atoms with Crippen LogP contribution in [0, 0.1) is 6.92 Å². The van der Waals surface area contributed by atoms with E-state index in [2.05, 4.69) is 4.98 Å². The van der Waals surface area contributed by atoms with Crippen LogP contribution in [0.2, 0.25) is 15.1 Å². The van der Waals surface area contributed by atoms with Gasteiger partial charge in [0.1, 0.15) is 0 Å². The van der Waals surface area contributed by atoms with Gasteiger partial charge >= 0.3 is 0 Å². The second-order valence-corrected chi connectivity index (χ2v) is 4.20. The minimum Gasteiger partial charge on any atom is -0.251 e. The Morgan fingerprint density at radius 1 is 1.07 bits per heavy atom. The monoisotopic (exact) mass is 245 g/mol. The molecule has 0 atom stereocenters. The molecular weight excluding hydrogens is 240 g/mol. The SMILES string of the molecule is Cc1cc(Cl)c2ccc(Cl)c(Cl)c2n1. The maximum atomic E-state index is 6.04. The minimum absolute atomic E-state index is 0.453. The van der Waals surface area contributed by atoms with E-state index in [4.69, 9.17) is 34.8 Å². The van der Waals surface area contributed by atoms with E-state index in [1.807, 2.05) is 13.0 Å². The molecule has 0 aliphatic rings. The number of hydrogen-bond donors (Lipinski definition) is 0. The molecule has 72 valence electrons. The van der Waals surface area contributed by atoms with Crippen LogP contribution in [0.5, 0.6) is 0 Å². The summed E-state index contributed by atoms with van der Waals surface area (Å²) in [5.74, 6) is 0. The minimum atomic E-state index is 0.453. The highest BCUT2D eigenvalue weighted by molar-refractivity contribution is 6.46. The van der Waals surface area contributed by atoms with Gasteiger partial charge in [-0.3, -0.25) is 4.98 Å². The third-order valence-corrected chi connectivity index (χ3v) is 3.06. The maximum Gasteiger partial charge on any atom is 0.0921 e. The highest BCUT2D eigenvalue weighted by Crippen LogP contribution is 2.33. The van der Waals surface area contributed by atoms with Crippen LogP contribution in [-0.4, -0.2) is 4.98 Å². The first-order valence-electron chi connectivity index (χ1n) is 4.00. The molecular formula is C10H6Cl3N. The van der Waals surface area contributed by atoms with Crippen LogP contribution >= 0.6 is 34.8 Å². The van der Waals surface area contributed by atoms with Crippen LogP contribution in [0.25, 0.3) is 10.9 Å². The van der Waals surface area contributed by atoms with Gasteiger partial charge < -0.3 is 0 Å². The van der Waals surface area contributed by atoms with Crippen LogP contribution < -0.4 is 0 Å². The Bertz CT molecular complexity index is 508. The number of halogens is 3. The Labute approximate surface area is 96.6 Å². The smallest absolute Gasteiger partial charge is 0.0921 e. The topological polar surface area (TPSA) is 12.9 Å².